The lowest BCUT2D eigenvalue weighted by Gasteiger charge is -2.34. The maximum Gasteiger partial charge on any atom is 0.238 e. The Labute approximate surface area is 739 Å². The first-order valence-electron chi connectivity index (χ1n) is 40.4. The fraction of sp³-hybridized carbons (Fsp3) is 0.280. The number of sulfonamides is 1. The molecule has 126 heavy (non-hydrogen) atoms. The molecule has 0 unspecified atom stereocenters. The van der Waals surface area contributed by atoms with E-state index in [1.807, 2.05) is 204 Å². The van der Waals surface area contributed by atoms with Crippen molar-refractivity contribution in [2.75, 3.05) is 205 Å². The minimum Gasteiger partial charge on any atom is -0.496 e. The molecule has 0 aliphatic carbocycles. The second kappa shape index (κ2) is 41.6. The second-order valence-corrected chi connectivity index (χ2v) is 32.5. The molecule has 0 bridgehead atoms. The van der Waals surface area contributed by atoms with Gasteiger partial charge in [-0.2, -0.15) is 24.9 Å². The number of primary sulfonamides is 1. The Morgan fingerprint density at radius 2 is 0.706 bits per heavy atom. The van der Waals surface area contributed by atoms with Gasteiger partial charge in [-0.3, -0.25) is 4.79 Å². The van der Waals surface area contributed by atoms with Crippen molar-refractivity contribution in [1.82, 2.24) is 49.8 Å². The Kier molecular flexibility index (Phi) is 30.5. The van der Waals surface area contributed by atoms with Gasteiger partial charge in [-0.05, 0) is 76.7 Å². The number of carbonyl (C=O) groups excluding carboxylic acids is 1. The molecule has 7 N–H and O–H groups in total. The van der Waals surface area contributed by atoms with Gasteiger partial charge < -0.3 is 85.2 Å². The number of fused-ring (bicyclic) bond motifs is 5. The highest BCUT2D eigenvalue weighted by molar-refractivity contribution is 7.89. The quantitative estimate of drug-likeness (QED) is 0.0343. The maximum absolute atomic E-state index is 12.9. The van der Waals surface area contributed by atoms with Crippen LogP contribution < -0.4 is 90.4 Å². The molecule has 5 aliphatic rings. The first kappa shape index (κ1) is 92.3. The minimum absolute atomic E-state index is 0. The summed E-state index contributed by atoms with van der Waals surface area (Å²) in [7, 11) is 21.9. The van der Waals surface area contributed by atoms with Crippen molar-refractivity contribution in [3.05, 3.63) is 289 Å². The lowest BCUT2D eigenvalue weighted by Crippen LogP contribution is -2.35. The summed E-state index contributed by atoms with van der Waals surface area (Å²) in [4.78, 5) is 80.0. The molecule has 0 saturated heterocycles. The molecule has 658 valence electrons. The molecule has 0 fully saturated rings. The number of likely N-dealkylation sites (N-methyl/N-ethyl adjacent to an activating group) is 10. The summed E-state index contributed by atoms with van der Waals surface area (Å²) in [5.74, 6) is 8.05. The monoisotopic (exact) mass is 1720 g/mol. The summed E-state index contributed by atoms with van der Waals surface area (Å²) in [5.41, 5.74) is 18.1. The molecule has 6 aromatic carbocycles. The molecule has 0 saturated carbocycles. The highest BCUT2D eigenvalue weighted by atomic mass is 32.2. The zero-order valence-corrected chi connectivity index (χ0v) is 74.0. The van der Waals surface area contributed by atoms with Gasteiger partial charge in [0.2, 0.25) is 39.8 Å². The molecule has 5 aromatic heterocycles. The number of carbonyl (C=O) groups is 1. The molecule has 0 atom stereocenters. The van der Waals surface area contributed by atoms with Gasteiger partial charge in [0.15, 0.2) is 34.9 Å². The van der Waals surface area contributed by atoms with Crippen LogP contribution in [0, 0.1) is 5.82 Å². The third-order valence-corrected chi connectivity index (χ3v) is 22.6. The number of aromatic nitrogens is 10. The maximum atomic E-state index is 12.9. The van der Waals surface area contributed by atoms with Crippen molar-refractivity contribution in [3.8, 4) is 5.75 Å². The number of anilines is 16. The van der Waals surface area contributed by atoms with Gasteiger partial charge in [-0.15, -0.1) is 0 Å². The third kappa shape index (κ3) is 23.3. The van der Waals surface area contributed by atoms with Crippen molar-refractivity contribution in [1.29, 1.82) is 0 Å². The van der Waals surface area contributed by atoms with E-state index in [4.69, 9.17) is 9.88 Å². The van der Waals surface area contributed by atoms with Crippen molar-refractivity contribution < 1.29 is 22.3 Å². The van der Waals surface area contributed by atoms with Gasteiger partial charge >= 0.3 is 0 Å². The number of nitrogens with one attached hydrogen (secondary N) is 5. The standard InChI is InChI=1S/C25H27N5O.C18H24N6.C17H21N5O.C16H18FN5.C16H20N6O2S.CH4/c1-18-17-29(2)24-22(30(18)3)16-27-25(28-24)26-15-20-9-12-21(13-10-20)23(31)14-11-19-7-5-4-6-8-19;1-13-12-23(4)17-16(24(13)5)11-20-18(21-17)19-10-14-6-8-15(9-7-14)22(2)3;1-12-11-21(2)16-14(22(12)3)10-19-17(20-16)18-9-13-7-5-6-8-15(13)23-4;1-11-10-21(2)15-14(22(11)3)9-19-16(20-15)18-8-12-4-6-13(17)7-5-12;1-11-10-21(2)15-14(22(11)3)9-19-16(20-15)18-8-12-4-6-13(7-5-12)25(17,23)24;/h4-10,12-13,16H,1,11,14-15,17H2,2-3H3,(H,26,27,28);6-9,11H,1,10,12H2,2-5H3,(H,19,20,21);5-8,10H,1,9,11H2,2-4H3,(H,18,19,20);4-7,9H,1,8,10H2,2-3H3,(H,18,19,20);4-7,9H,1,8,10H2,2-3H3,(H2,17,23,24)(H,18,19,20);1H4. The van der Waals surface area contributed by atoms with E-state index in [-0.39, 0.29) is 23.9 Å². The number of Topliss-reactive ketones (excluding diaryl/α,β-unsaturated/α-hetero) is 1. The smallest absolute Gasteiger partial charge is 0.238 e. The van der Waals surface area contributed by atoms with E-state index >= 15 is 0 Å². The summed E-state index contributed by atoms with van der Waals surface area (Å²) in [6, 6.07) is 46.9. The molecule has 33 heteroatoms. The van der Waals surface area contributed by atoms with Crippen LogP contribution in [-0.4, -0.2) is 188 Å². The lowest BCUT2D eigenvalue weighted by molar-refractivity contribution is 0.0982. The van der Waals surface area contributed by atoms with E-state index in [0.717, 1.165) is 152 Å². The third-order valence-electron chi connectivity index (χ3n) is 21.6. The van der Waals surface area contributed by atoms with Crippen molar-refractivity contribution in [3.63, 3.8) is 0 Å². The zero-order chi connectivity index (χ0) is 89.3. The summed E-state index contributed by atoms with van der Waals surface area (Å²) >= 11 is 0. The van der Waals surface area contributed by atoms with E-state index in [1.165, 1.54) is 41.1 Å². The Morgan fingerprint density at radius 3 is 1.02 bits per heavy atom. The van der Waals surface area contributed by atoms with Crippen LogP contribution >= 0.6 is 0 Å². The van der Waals surface area contributed by atoms with Crippen LogP contribution in [0.1, 0.15) is 57.6 Å². The van der Waals surface area contributed by atoms with Crippen LogP contribution in [0.4, 0.5) is 97.3 Å². The number of benzene rings is 6. The van der Waals surface area contributed by atoms with Gasteiger partial charge in [0.1, 0.15) is 40.0 Å². The van der Waals surface area contributed by atoms with Gasteiger partial charge in [-0.25, -0.2) is 42.9 Å². The number of methoxy groups -OCH3 is 1. The number of hydrogen-bond donors (Lipinski definition) is 6. The Hall–Kier alpha value is -14.5. The number of aryl methyl sites for hydroxylation is 1. The van der Waals surface area contributed by atoms with Crippen LogP contribution in [0.15, 0.2) is 249 Å². The van der Waals surface area contributed by atoms with Gasteiger partial charge in [-0.1, -0.05) is 150 Å². The number of ketones is 1. The van der Waals surface area contributed by atoms with E-state index < -0.39 is 10.0 Å². The molecular formula is C93H114FN27O4S. The van der Waals surface area contributed by atoms with Gasteiger partial charge in [0.05, 0.1) is 75.7 Å². The average Bonchev–Trinajstić information content (AvgIpc) is 0.807. The zero-order valence-electron chi connectivity index (χ0n) is 73.2. The van der Waals surface area contributed by atoms with Crippen molar-refractivity contribution in [2.45, 2.75) is 57.9 Å². The number of ether oxygens (including phenoxy) is 1. The SMILES string of the molecule is C.C=C1CN(C)c2nc(NCc3ccc(C(=O)CCc4ccccc4)cc3)ncc2N1C.C=C1CN(C)c2nc(NCc3ccc(F)cc3)ncc2N1C.C=C1CN(C)c2nc(NCc3ccc(N(C)C)cc3)ncc2N1C.C=C1CN(C)c2nc(NCc3ccc(S(N)(=O)=O)cc3)ncc2N1C.C=C1CN(C)c2nc(NCc3ccccc3OC)ncc2N1C. The van der Waals surface area contributed by atoms with Crippen LogP contribution in [0.3, 0.4) is 0 Å². The first-order valence-corrected chi connectivity index (χ1v) is 42.0. The molecule has 0 amide bonds. The highest BCUT2D eigenvalue weighted by Gasteiger charge is 2.29. The second-order valence-electron chi connectivity index (χ2n) is 31.0. The minimum atomic E-state index is -3.68. The summed E-state index contributed by atoms with van der Waals surface area (Å²) in [5, 5.41) is 21.2. The summed E-state index contributed by atoms with van der Waals surface area (Å²) < 4.78 is 40.8. The Balaban J connectivity index is 0.000000153. The predicted molar refractivity (Wildman–Crippen MR) is 511 cm³/mol. The van der Waals surface area contributed by atoms with E-state index in [9.17, 15) is 17.6 Å². The molecule has 16 rings (SSSR count). The normalized spacial score (nSPS) is 13.7. The molecule has 5 aliphatic heterocycles. The largest absolute Gasteiger partial charge is 0.496 e. The predicted octanol–water partition coefficient (Wildman–Crippen LogP) is 13.8. The summed E-state index contributed by atoms with van der Waals surface area (Å²) in [6.45, 7) is 26.9. The number of nitrogens with two attached hydrogens (primary N) is 1. The van der Waals surface area contributed by atoms with Crippen LogP contribution in [-0.2, 0) is 49.2 Å². The molecule has 0 radical (unpaired) electrons. The number of para-hydroxylation sites is 1. The Morgan fingerprint density at radius 1 is 0.413 bits per heavy atom. The summed E-state index contributed by atoms with van der Waals surface area (Å²) in [6.07, 6.45) is 10.3. The van der Waals surface area contributed by atoms with Crippen LogP contribution in [0.2, 0.25) is 0 Å². The van der Waals surface area contributed by atoms with E-state index in [2.05, 4.69) is 165 Å². The van der Waals surface area contributed by atoms with Gasteiger partial charge in [0, 0.05) is 169 Å². The van der Waals surface area contributed by atoms with E-state index in [1.54, 1.807) is 43.8 Å². The number of halogens is 1. The molecule has 10 heterocycles. The lowest BCUT2D eigenvalue weighted by atomic mass is 10.0. The first-order chi connectivity index (χ1) is 59.9. The van der Waals surface area contributed by atoms with E-state index in [0.29, 0.717) is 75.4 Å². The van der Waals surface area contributed by atoms with Crippen molar-refractivity contribution >= 4 is 109 Å². The highest BCUT2D eigenvalue weighted by Crippen LogP contribution is 2.38. The number of rotatable bonds is 22. The number of nitrogens with zero attached hydrogens (tertiary/aromatic N) is 21. The van der Waals surface area contributed by atoms with Gasteiger partial charge in [0.25, 0.3) is 0 Å². The molecule has 31 nitrogen and oxygen atoms in total. The average molecular weight is 1730 g/mol. The van der Waals surface area contributed by atoms with Crippen molar-refractivity contribution in [2.24, 2.45) is 5.14 Å². The number of hydrogen-bond acceptors (Lipinski definition) is 30. The molecule has 11 aromatic rings. The topological polar surface area (TPSA) is 311 Å². The van der Waals surface area contributed by atoms with Crippen LogP contribution in [0.5, 0.6) is 5.75 Å². The fourth-order valence-corrected chi connectivity index (χ4v) is 14.4. The van der Waals surface area contributed by atoms with Crippen LogP contribution in [0.25, 0.3) is 0 Å². The fourth-order valence-electron chi connectivity index (χ4n) is 13.9. The molecule has 0 spiro atoms. The Bertz CT molecular complexity index is 5800. The molecular weight excluding hydrogens is 1610 g/mol.